The van der Waals surface area contributed by atoms with E-state index in [0.717, 1.165) is 12.1 Å². The lowest BCUT2D eigenvalue weighted by molar-refractivity contribution is -0.135. The molecule has 0 heterocycles. The molecular weight excluding hydrogens is 252 g/mol. The second-order valence-corrected chi connectivity index (χ2v) is 3.97. The van der Waals surface area contributed by atoms with E-state index >= 15 is 0 Å². The molecule has 7 heteroatoms. The van der Waals surface area contributed by atoms with Crippen molar-refractivity contribution in [1.29, 1.82) is 0 Å². The molecule has 3 N–H and O–H groups in total. The maximum Gasteiger partial charge on any atom is 0.401 e. The van der Waals surface area contributed by atoms with Crippen molar-refractivity contribution >= 4 is 5.91 Å². The monoisotopic (exact) mass is 264 g/mol. The highest BCUT2D eigenvalue weighted by molar-refractivity contribution is 5.85. The maximum absolute atomic E-state index is 13.0. The first-order valence-corrected chi connectivity index (χ1v) is 5.03. The van der Waals surface area contributed by atoms with Gasteiger partial charge in [0, 0.05) is 0 Å². The Bertz CT molecular complexity index is 447. The fraction of sp³-hybridized carbons (Fsp3) is 0.364. The molecule has 0 spiro atoms. The lowest BCUT2D eigenvalue weighted by atomic mass is 9.91. The largest absolute Gasteiger partial charge is 0.401 e. The Morgan fingerprint density at radius 1 is 1.39 bits per heavy atom. The standard InChI is InChI=1S/C11H12F4N2O/c1-10(9(16)18,17-6-11(13,14)15)7-3-2-4-8(12)5-7/h2-5,17H,6H2,1H3,(H2,16,18). The number of alkyl halides is 3. The van der Waals surface area contributed by atoms with Crippen LogP contribution in [0.25, 0.3) is 0 Å². The summed E-state index contributed by atoms with van der Waals surface area (Å²) in [5.41, 5.74) is 3.35. The van der Waals surface area contributed by atoms with Crippen molar-refractivity contribution in [2.24, 2.45) is 5.73 Å². The number of carbonyl (C=O) groups excluding carboxylic acids is 1. The molecule has 18 heavy (non-hydrogen) atoms. The Hall–Kier alpha value is -1.63. The zero-order valence-corrected chi connectivity index (χ0v) is 9.51. The van der Waals surface area contributed by atoms with Crippen molar-refractivity contribution in [3.05, 3.63) is 35.6 Å². The van der Waals surface area contributed by atoms with E-state index in [2.05, 4.69) is 0 Å². The lowest BCUT2D eigenvalue weighted by Crippen LogP contribution is -2.53. The molecule has 1 aromatic rings. The number of benzene rings is 1. The number of amides is 1. The highest BCUT2D eigenvalue weighted by Gasteiger charge is 2.38. The molecule has 1 amide bonds. The van der Waals surface area contributed by atoms with Crippen molar-refractivity contribution < 1.29 is 22.4 Å². The summed E-state index contributed by atoms with van der Waals surface area (Å²) in [4.78, 5) is 11.3. The first-order chi connectivity index (χ1) is 8.15. The summed E-state index contributed by atoms with van der Waals surface area (Å²) < 4.78 is 49.5. The van der Waals surface area contributed by atoms with Gasteiger partial charge in [0.2, 0.25) is 5.91 Å². The van der Waals surface area contributed by atoms with Crippen molar-refractivity contribution in [3.63, 3.8) is 0 Å². The van der Waals surface area contributed by atoms with Crippen LogP contribution < -0.4 is 11.1 Å². The molecule has 0 radical (unpaired) electrons. The summed E-state index contributed by atoms with van der Waals surface area (Å²) >= 11 is 0. The van der Waals surface area contributed by atoms with Crippen LogP contribution in [0.5, 0.6) is 0 Å². The van der Waals surface area contributed by atoms with Crippen LogP contribution in [0.15, 0.2) is 24.3 Å². The topological polar surface area (TPSA) is 55.1 Å². The summed E-state index contributed by atoms with van der Waals surface area (Å²) in [5, 5.41) is 2.01. The molecule has 0 saturated heterocycles. The Morgan fingerprint density at radius 3 is 2.44 bits per heavy atom. The van der Waals surface area contributed by atoms with Crippen LogP contribution in [-0.4, -0.2) is 18.6 Å². The third-order valence-electron chi connectivity index (χ3n) is 2.54. The van der Waals surface area contributed by atoms with Gasteiger partial charge in [-0.05, 0) is 24.6 Å². The van der Waals surface area contributed by atoms with E-state index in [1.807, 2.05) is 5.32 Å². The van der Waals surface area contributed by atoms with Crippen molar-refractivity contribution in [2.75, 3.05) is 6.54 Å². The van der Waals surface area contributed by atoms with Gasteiger partial charge in [0.05, 0.1) is 6.54 Å². The summed E-state index contributed by atoms with van der Waals surface area (Å²) in [7, 11) is 0. The first-order valence-electron chi connectivity index (χ1n) is 5.03. The Kier molecular flexibility index (Phi) is 3.95. The van der Waals surface area contributed by atoms with Crippen LogP contribution in [-0.2, 0) is 10.3 Å². The zero-order chi connectivity index (χ0) is 14.0. The number of nitrogens with two attached hydrogens (primary N) is 1. The number of hydrogen-bond donors (Lipinski definition) is 2. The zero-order valence-electron chi connectivity index (χ0n) is 9.51. The van der Waals surface area contributed by atoms with Crippen LogP contribution in [0.4, 0.5) is 17.6 Å². The molecule has 1 atom stereocenters. The number of hydrogen-bond acceptors (Lipinski definition) is 2. The van der Waals surface area contributed by atoms with Crippen LogP contribution in [0.3, 0.4) is 0 Å². The predicted molar refractivity (Wildman–Crippen MR) is 57.0 cm³/mol. The van der Waals surface area contributed by atoms with E-state index in [1.54, 1.807) is 0 Å². The van der Waals surface area contributed by atoms with Gasteiger partial charge >= 0.3 is 6.18 Å². The van der Waals surface area contributed by atoms with Crippen molar-refractivity contribution in [3.8, 4) is 0 Å². The minimum absolute atomic E-state index is 0.0410. The van der Waals surface area contributed by atoms with Gasteiger partial charge in [0.25, 0.3) is 0 Å². The quantitative estimate of drug-likeness (QED) is 0.813. The van der Waals surface area contributed by atoms with Gasteiger partial charge in [-0.1, -0.05) is 12.1 Å². The van der Waals surface area contributed by atoms with E-state index in [9.17, 15) is 22.4 Å². The number of nitrogens with one attached hydrogen (secondary N) is 1. The molecular formula is C11H12F4N2O. The molecule has 3 nitrogen and oxygen atoms in total. The SMILES string of the molecule is CC(NCC(F)(F)F)(C(N)=O)c1cccc(F)c1. The normalized spacial score (nSPS) is 15.2. The van der Waals surface area contributed by atoms with E-state index in [-0.39, 0.29) is 5.56 Å². The van der Waals surface area contributed by atoms with E-state index in [0.29, 0.717) is 0 Å². The molecule has 0 aromatic heterocycles. The lowest BCUT2D eigenvalue weighted by Gasteiger charge is -2.28. The maximum atomic E-state index is 13.0. The second kappa shape index (κ2) is 4.93. The Morgan fingerprint density at radius 2 is 2.00 bits per heavy atom. The number of rotatable bonds is 4. The van der Waals surface area contributed by atoms with Crippen LogP contribution in [0.2, 0.25) is 0 Å². The summed E-state index contributed by atoms with van der Waals surface area (Å²) in [6.45, 7) is -0.223. The highest BCUT2D eigenvalue weighted by Crippen LogP contribution is 2.23. The molecule has 100 valence electrons. The van der Waals surface area contributed by atoms with Gasteiger partial charge in [-0.15, -0.1) is 0 Å². The predicted octanol–water partition coefficient (Wildman–Crippen LogP) is 1.68. The molecule has 0 bridgehead atoms. The average molecular weight is 264 g/mol. The fourth-order valence-electron chi connectivity index (χ4n) is 1.41. The molecule has 1 aromatic carbocycles. The van der Waals surface area contributed by atoms with Gasteiger partial charge in [-0.25, -0.2) is 4.39 Å². The third kappa shape index (κ3) is 3.43. The molecule has 0 aliphatic rings. The average Bonchev–Trinajstić information content (AvgIpc) is 2.24. The minimum atomic E-state index is -4.50. The Labute approximate surface area is 101 Å². The van der Waals surface area contributed by atoms with E-state index in [1.165, 1.54) is 19.1 Å². The summed E-state index contributed by atoms with van der Waals surface area (Å²) in [5.74, 6) is -1.67. The number of halogens is 4. The minimum Gasteiger partial charge on any atom is -0.368 e. The molecule has 0 fully saturated rings. The smallest absolute Gasteiger partial charge is 0.368 e. The Balaban J connectivity index is 3.04. The third-order valence-corrected chi connectivity index (χ3v) is 2.54. The van der Waals surface area contributed by atoms with Crippen LogP contribution in [0.1, 0.15) is 12.5 Å². The second-order valence-electron chi connectivity index (χ2n) is 3.97. The van der Waals surface area contributed by atoms with Crippen LogP contribution >= 0.6 is 0 Å². The van der Waals surface area contributed by atoms with E-state index < -0.39 is 30.0 Å². The number of primary amides is 1. The molecule has 0 saturated carbocycles. The highest BCUT2D eigenvalue weighted by atomic mass is 19.4. The summed E-state index contributed by atoms with van der Waals surface area (Å²) in [6.07, 6.45) is -4.50. The van der Waals surface area contributed by atoms with Crippen molar-refractivity contribution in [1.82, 2.24) is 5.32 Å². The molecule has 0 aliphatic carbocycles. The van der Waals surface area contributed by atoms with E-state index in [4.69, 9.17) is 5.73 Å². The van der Waals surface area contributed by atoms with Gasteiger partial charge in [0.15, 0.2) is 0 Å². The molecule has 1 unspecified atom stereocenters. The van der Waals surface area contributed by atoms with Gasteiger partial charge < -0.3 is 5.73 Å². The molecule has 1 rings (SSSR count). The first kappa shape index (κ1) is 14.4. The fourth-order valence-corrected chi connectivity index (χ4v) is 1.41. The molecule has 0 aliphatic heterocycles. The van der Waals surface area contributed by atoms with Gasteiger partial charge in [-0.3, -0.25) is 10.1 Å². The summed E-state index contributed by atoms with van der Waals surface area (Å²) in [6, 6.07) is 4.71. The van der Waals surface area contributed by atoms with Gasteiger partial charge in [0.1, 0.15) is 11.4 Å². The number of carbonyl (C=O) groups is 1. The van der Waals surface area contributed by atoms with Crippen molar-refractivity contribution in [2.45, 2.75) is 18.6 Å². The van der Waals surface area contributed by atoms with Gasteiger partial charge in [-0.2, -0.15) is 13.2 Å². The van der Waals surface area contributed by atoms with Crippen LogP contribution in [0, 0.1) is 5.82 Å².